The van der Waals surface area contributed by atoms with Crippen LogP contribution in [-0.2, 0) is 9.53 Å². The van der Waals surface area contributed by atoms with E-state index < -0.39 is 18.1 Å². The van der Waals surface area contributed by atoms with Crippen molar-refractivity contribution >= 4 is 12.1 Å². The SMILES string of the molecule is CCCCCCCCCCCCC(CCCCCCCCCC)COC(=O)N[C@@H](CCCCN)C(=O)O. The van der Waals surface area contributed by atoms with E-state index in [1.807, 2.05) is 0 Å². The first-order valence-electron chi connectivity index (χ1n) is 15.9. The molecule has 0 saturated carbocycles. The molecule has 2 atom stereocenters. The number of unbranched alkanes of at least 4 members (excludes halogenated alkanes) is 17. The van der Waals surface area contributed by atoms with Gasteiger partial charge in [0.05, 0.1) is 6.61 Å². The zero-order valence-corrected chi connectivity index (χ0v) is 24.6. The fourth-order valence-electron chi connectivity index (χ4n) is 4.93. The summed E-state index contributed by atoms with van der Waals surface area (Å²) in [6.45, 7) is 5.42. The first-order valence-corrected chi connectivity index (χ1v) is 15.9. The summed E-state index contributed by atoms with van der Waals surface area (Å²) in [6, 6.07) is -0.910. The molecule has 4 N–H and O–H groups in total. The zero-order chi connectivity index (χ0) is 27.4. The molecule has 0 fully saturated rings. The van der Waals surface area contributed by atoms with Crippen LogP contribution >= 0.6 is 0 Å². The van der Waals surface area contributed by atoms with Gasteiger partial charge < -0.3 is 20.9 Å². The number of nitrogens with two attached hydrogens (primary N) is 1. The van der Waals surface area contributed by atoms with E-state index in [2.05, 4.69) is 19.2 Å². The summed E-state index contributed by atoms with van der Waals surface area (Å²) in [5.74, 6) is -0.657. The maximum Gasteiger partial charge on any atom is 0.407 e. The lowest BCUT2D eigenvalue weighted by atomic mass is 9.94. The Morgan fingerprint density at radius 1 is 0.649 bits per heavy atom. The molecule has 6 heteroatoms. The van der Waals surface area contributed by atoms with Crippen LogP contribution in [0.4, 0.5) is 4.79 Å². The Bertz CT molecular complexity index is 515. The Morgan fingerprint density at radius 2 is 1.05 bits per heavy atom. The maximum atomic E-state index is 12.3. The number of ether oxygens (including phenoxy) is 1. The third kappa shape index (κ3) is 24.8. The van der Waals surface area contributed by atoms with Crippen molar-refractivity contribution in [2.75, 3.05) is 13.2 Å². The second-order valence-corrected chi connectivity index (χ2v) is 11.0. The molecule has 220 valence electrons. The van der Waals surface area contributed by atoms with E-state index in [-0.39, 0.29) is 0 Å². The van der Waals surface area contributed by atoms with Crippen molar-refractivity contribution in [2.24, 2.45) is 11.7 Å². The molecular formula is C31H62N2O4. The smallest absolute Gasteiger partial charge is 0.407 e. The molecule has 0 bridgehead atoms. The number of carbonyl (C=O) groups excluding carboxylic acids is 1. The molecule has 0 aromatic rings. The van der Waals surface area contributed by atoms with Gasteiger partial charge in [0.25, 0.3) is 0 Å². The molecule has 37 heavy (non-hydrogen) atoms. The lowest BCUT2D eigenvalue weighted by molar-refractivity contribution is -0.139. The highest BCUT2D eigenvalue weighted by Gasteiger charge is 2.21. The molecule has 0 aliphatic carbocycles. The highest BCUT2D eigenvalue weighted by molar-refractivity contribution is 5.79. The first-order chi connectivity index (χ1) is 18.0. The van der Waals surface area contributed by atoms with Crippen molar-refractivity contribution in [1.82, 2.24) is 5.32 Å². The van der Waals surface area contributed by atoms with Crippen molar-refractivity contribution in [3.63, 3.8) is 0 Å². The second kappa shape index (κ2) is 27.7. The highest BCUT2D eigenvalue weighted by Crippen LogP contribution is 2.20. The van der Waals surface area contributed by atoms with E-state index in [0.29, 0.717) is 31.9 Å². The Balaban J connectivity index is 4.32. The first kappa shape index (κ1) is 35.7. The molecule has 0 radical (unpaired) electrons. The molecule has 0 spiro atoms. The second-order valence-electron chi connectivity index (χ2n) is 11.0. The van der Waals surface area contributed by atoms with Gasteiger partial charge in [-0.15, -0.1) is 0 Å². The number of aliphatic carboxylic acids is 1. The van der Waals surface area contributed by atoms with E-state index in [1.54, 1.807) is 0 Å². The van der Waals surface area contributed by atoms with E-state index >= 15 is 0 Å². The number of nitrogens with one attached hydrogen (secondary N) is 1. The van der Waals surface area contributed by atoms with Crippen molar-refractivity contribution in [1.29, 1.82) is 0 Å². The topological polar surface area (TPSA) is 102 Å². The van der Waals surface area contributed by atoms with Gasteiger partial charge in [-0.2, -0.15) is 0 Å². The van der Waals surface area contributed by atoms with Crippen LogP contribution in [0.25, 0.3) is 0 Å². The van der Waals surface area contributed by atoms with Crippen molar-refractivity contribution in [3.8, 4) is 0 Å². The minimum atomic E-state index is -1.02. The van der Waals surface area contributed by atoms with Crippen LogP contribution in [-0.4, -0.2) is 36.4 Å². The fraction of sp³-hybridized carbons (Fsp3) is 0.935. The van der Waals surface area contributed by atoms with Gasteiger partial charge in [-0.1, -0.05) is 129 Å². The number of alkyl carbamates (subject to hydrolysis) is 1. The molecule has 6 nitrogen and oxygen atoms in total. The lowest BCUT2D eigenvalue weighted by Crippen LogP contribution is -2.41. The predicted octanol–water partition coefficient (Wildman–Crippen LogP) is 8.75. The molecule has 0 aliphatic heterocycles. The van der Waals surface area contributed by atoms with Gasteiger partial charge in [-0.05, 0) is 44.6 Å². The molecule has 0 rings (SSSR count). The average Bonchev–Trinajstić information content (AvgIpc) is 2.88. The monoisotopic (exact) mass is 526 g/mol. The summed E-state index contributed by atoms with van der Waals surface area (Å²) >= 11 is 0. The van der Waals surface area contributed by atoms with Gasteiger partial charge >= 0.3 is 12.1 Å². The fourth-order valence-corrected chi connectivity index (χ4v) is 4.93. The number of carboxylic acids is 1. The summed E-state index contributed by atoms with van der Waals surface area (Å²) in [7, 11) is 0. The Morgan fingerprint density at radius 3 is 1.46 bits per heavy atom. The summed E-state index contributed by atoms with van der Waals surface area (Å²) in [4.78, 5) is 23.8. The van der Waals surface area contributed by atoms with Crippen LogP contribution in [0, 0.1) is 5.92 Å². The highest BCUT2D eigenvalue weighted by atomic mass is 16.5. The molecular weight excluding hydrogens is 464 g/mol. The molecule has 1 amide bonds. The standard InChI is InChI=1S/C31H62N2O4/c1-3-5-7-9-11-13-14-16-18-20-24-28(23-19-17-15-12-10-8-6-4-2)27-37-31(36)33-29(30(34)35)25-21-22-26-32/h28-29H,3-27,32H2,1-2H3,(H,33,36)(H,34,35)/t28?,29-/m0/s1. The van der Waals surface area contributed by atoms with Crippen LogP contribution in [0.2, 0.25) is 0 Å². The van der Waals surface area contributed by atoms with E-state index in [9.17, 15) is 14.7 Å². The van der Waals surface area contributed by atoms with E-state index in [4.69, 9.17) is 10.5 Å². The molecule has 0 aliphatic rings. The van der Waals surface area contributed by atoms with Crippen molar-refractivity contribution in [2.45, 2.75) is 168 Å². The number of carbonyl (C=O) groups is 2. The van der Waals surface area contributed by atoms with Crippen molar-refractivity contribution < 1.29 is 19.4 Å². The quantitative estimate of drug-likeness (QED) is 0.0884. The number of hydrogen-bond acceptors (Lipinski definition) is 4. The van der Waals surface area contributed by atoms with Crippen LogP contribution in [0.1, 0.15) is 162 Å². The van der Waals surface area contributed by atoms with Gasteiger partial charge in [-0.3, -0.25) is 0 Å². The summed E-state index contributed by atoms with van der Waals surface area (Å²) in [5, 5.41) is 11.9. The van der Waals surface area contributed by atoms with Crippen LogP contribution in [0.3, 0.4) is 0 Å². The summed E-state index contributed by atoms with van der Waals surface area (Å²) < 4.78 is 5.52. The maximum absolute atomic E-state index is 12.3. The number of amides is 1. The number of hydrogen-bond donors (Lipinski definition) is 3. The van der Waals surface area contributed by atoms with Crippen LogP contribution in [0.15, 0.2) is 0 Å². The van der Waals surface area contributed by atoms with Crippen LogP contribution < -0.4 is 11.1 Å². The predicted molar refractivity (Wildman–Crippen MR) is 156 cm³/mol. The Hall–Kier alpha value is -1.30. The Kier molecular flexibility index (Phi) is 26.8. The normalized spacial score (nSPS) is 12.8. The zero-order valence-electron chi connectivity index (χ0n) is 24.6. The lowest BCUT2D eigenvalue weighted by Gasteiger charge is -2.19. The average molecular weight is 527 g/mol. The third-order valence-electron chi connectivity index (χ3n) is 7.42. The van der Waals surface area contributed by atoms with E-state index in [0.717, 1.165) is 19.3 Å². The summed E-state index contributed by atoms with van der Waals surface area (Å²) in [5.41, 5.74) is 5.50. The largest absolute Gasteiger partial charge is 0.480 e. The number of rotatable bonds is 28. The van der Waals surface area contributed by atoms with Crippen LogP contribution in [0.5, 0.6) is 0 Å². The molecule has 0 saturated heterocycles. The molecule has 1 unspecified atom stereocenters. The minimum Gasteiger partial charge on any atom is -0.480 e. The van der Waals surface area contributed by atoms with Gasteiger partial charge in [0, 0.05) is 0 Å². The van der Waals surface area contributed by atoms with Crippen molar-refractivity contribution in [3.05, 3.63) is 0 Å². The number of carboxylic acid groups (broad SMARTS) is 1. The molecule has 0 aromatic heterocycles. The minimum absolute atomic E-state index is 0.361. The molecule has 0 heterocycles. The van der Waals surface area contributed by atoms with Gasteiger partial charge in [-0.25, -0.2) is 9.59 Å². The van der Waals surface area contributed by atoms with Gasteiger partial charge in [0.15, 0.2) is 0 Å². The van der Waals surface area contributed by atoms with Gasteiger partial charge in [0.2, 0.25) is 0 Å². The van der Waals surface area contributed by atoms with E-state index in [1.165, 1.54) is 116 Å². The third-order valence-corrected chi connectivity index (χ3v) is 7.42. The molecule has 0 aromatic carbocycles. The summed E-state index contributed by atoms with van der Waals surface area (Å²) in [6.07, 6.45) is 26.9. The Labute approximate surface area is 229 Å². The van der Waals surface area contributed by atoms with Gasteiger partial charge in [0.1, 0.15) is 6.04 Å².